The summed E-state index contributed by atoms with van der Waals surface area (Å²) in [5.41, 5.74) is 8.23. The number of likely N-dealkylation sites (tertiary alicyclic amines) is 1. The van der Waals surface area contributed by atoms with Crippen LogP contribution in [0, 0.1) is 0 Å². The zero-order valence-electron chi connectivity index (χ0n) is 12.0. The molecule has 3 rings (SSSR count). The first kappa shape index (κ1) is 14.1. The molecule has 0 saturated carbocycles. The SMILES string of the molecule is NC(Cc1c[nH]c2ccccc12)C(=O)N1CCC[C@@H]1CO. The van der Waals surface area contributed by atoms with Gasteiger partial charge in [0, 0.05) is 23.6 Å². The molecule has 4 N–H and O–H groups in total. The predicted molar refractivity (Wildman–Crippen MR) is 81.8 cm³/mol. The second kappa shape index (κ2) is 5.87. The van der Waals surface area contributed by atoms with E-state index in [1.807, 2.05) is 30.5 Å². The standard InChI is InChI=1S/C16H21N3O2/c17-14(16(21)19-7-3-4-12(19)10-20)8-11-9-18-15-6-2-1-5-13(11)15/h1-2,5-6,9,12,14,18,20H,3-4,7-8,10,17H2/t12-,14?/m1/s1. The van der Waals surface area contributed by atoms with E-state index in [1.165, 1.54) is 0 Å². The van der Waals surface area contributed by atoms with Crippen molar-refractivity contribution < 1.29 is 9.90 Å². The van der Waals surface area contributed by atoms with Crippen LogP contribution in [-0.2, 0) is 11.2 Å². The van der Waals surface area contributed by atoms with Gasteiger partial charge < -0.3 is 20.7 Å². The van der Waals surface area contributed by atoms with Crippen molar-refractivity contribution in [1.29, 1.82) is 0 Å². The van der Waals surface area contributed by atoms with Crippen LogP contribution in [0.1, 0.15) is 18.4 Å². The molecule has 2 heterocycles. The lowest BCUT2D eigenvalue weighted by atomic mass is 10.0. The van der Waals surface area contributed by atoms with Crippen LogP contribution in [0.3, 0.4) is 0 Å². The summed E-state index contributed by atoms with van der Waals surface area (Å²) in [6.45, 7) is 0.719. The second-order valence-electron chi connectivity index (χ2n) is 5.68. The molecule has 0 spiro atoms. The van der Waals surface area contributed by atoms with E-state index in [0.29, 0.717) is 13.0 Å². The summed E-state index contributed by atoms with van der Waals surface area (Å²) in [4.78, 5) is 17.4. The molecular formula is C16H21N3O2. The number of para-hydroxylation sites is 1. The number of rotatable bonds is 4. The Kier molecular flexibility index (Phi) is 3.94. The molecule has 2 aromatic rings. The summed E-state index contributed by atoms with van der Waals surface area (Å²) in [7, 11) is 0. The third-order valence-corrected chi connectivity index (χ3v) is 4.30. The first-order chi connectivity index (χ1) is 10.2. The van der Waals surface area contributed by atoms with Gasteiger partial charge in [0.2, 0.25) is 5.91 Å². The molecule has 5 heteroatoms. The zero-order valence-corrected chi connectivity index (χ0v) is 12.0. The minimum Gasteiger partial charge on any atom is -0.394 e. The number of H-pyrrole nitrogens is 1. The molecule has 0 aliphatic carbocycles. The van der Waals surface area contributed by atoms with E-state index in [9.17, 15) is 9.90 Å². The van der Waals surface area contributed by atoms with Gasteiger partial charge in [0.25, 0.3) is 0 Å². The maximum absolute atomic E-state index is 12.5. The average molecular weight is 287 g/mol. The quantitative estimate of drug-likeness (QED) is 0.785. The van der Waals surface area contributed by atoms with Gasteiger partial charge in [-0.25, -0.2) is 0 Å². The summed E-state index contributed by atoms with van der Waals surface area (Å²) in [5, 5.41) is 10.4. The van der Waals surface area contributed by atoms with Crippen molar-refractivity contribution in [3.63, 3.8) is 0 Å². The molecule has 1 aromatic heterocycles. The Morgan fingerprint density at radius 1 is 1.48 bits per heavy atom. The van der Waals surface area contributed by atoms with Crippen LogP contribution < -0.4 is 5.73 Å². The smallest absolute Gasteiger partial charge is 0.240 e. The number of nitrogens with one attached hydrogen (secondary N) is 1. The zero-order chi connectivity index (χ0) is 14.8. The lowest BCUT2D eigenvalue weighted by molar-refractivity contribution is -0.134. The molecule has 5 nitrogen and oxygen atoms in total. The van der Waals surface area contributed by atoms with E-state index in [4.69, 9.17) is 5.73 Å². The summed E-state index contributed by atoms with van der Waals surface area (Å²) in [6.07, 6.45) is 4.24. The van der Waals surface area contributed by atoms with Crippen molar-refractivity contribution in [3.05, 3.63) is 36.0 Å². The fourth-order valence-corrected chi connectivity index (χ4v) is 3.15. The van der Waals surface area contributed by atoms with E-state index in [-0.39, 0.29) is 18.6 Å². The van der Waals surface area contributed by atoms with Gasteiger partial charge in [-0.15, -0.1) is 0 Å². The van der Waals surface area contributed by atoms with Crippen LogP contribution in [0.25, 0.3) is 10.9 Å². The Bertz CT molecular complexity index is 637. The van der Waals surface area contributed by atoms with Gasteiger partial charge in [0.05, 0.1) is 18.7 Å². The number of aromatic amines is 1. The van der Waals surface area contributed by atoms with Gasteiger partial charge in [-0.3, -0.25) is 4.79 Å². The van der Waals surface area contributed by atoms with Crippen LogP contribution in [0.5, 0.6) is 0 Å². The van der Waals surface area contributed by atoms with Crippen LogP contribution in [0.4, 0.5) is 0 Å². The highest BCUT2D eigenvalue weighted by molar-refractivity contribution is 5.86. The minimum atomic E-state index is -0.559. The Labute approximate surface area is 123 Å². The minimum absolute atomic E-state index is 0.0194. The lowest BCUT2D eigenvalue weighted by Crippen LogP contribution is -2.47. The first-order valence-corrected chi connectivity index (χ1v) is 7.42. The lowest BCUT2D eigenvalue weighted by Gasteiger charge is -2.26. The highest BCUT2D eigenvalue weighted by Gasteiger charge is 2.31. The molecule has 1 aromatic carbocycles. The monoisotopic (exact) mass is 287 g/mol. The van der Waals surface area contributed by atoms with Crippen molar-refractivity contribution in [2.24, 2.45) is 5.73 Å². The number of benzene rings is 1. The van der Waals surface area contributed by atoms with Crippen LogP contribution in [-0.4, -0.2) is 46.1 Å². The maximum atomic E-state index is 12.5. The van der Waals surface area contributed by atoms with Gasteiger partial charge in [-0.2, -0.15) is 0 Å². The fraction of sp³-hybridized carbons (Fsp3) is 0.438. The number of hydrogen-bond acceptors (Lipinski definition) is 3. The Balaban J connectivity index is 1.74. The highest BCUT2D eigenvalue weighted by atomic mass is 16.3. The molecule has 1 saturated heterocycles. The number of carbonyl (C=O) groups excluding carboxylic acids is 1. The number of amides is 1. The number of aliphatic hydroxyl groups excluding tert-OH is 1. The van der Waals surface area contributed by atoms with Gasteiger partial charge in [0.15, 0.2) is 0 Å². The molecule has 1 amide bonds. The molecule has 1 fully saturated rings. The number of aliphatic hydroxyl groups is 1. The molecule has 0 radical (unpaired) electrons. The van der Waals surface area contributed by atoms with E-state index in [2.05, 4.69) is 4.98 Å². The third kappa shape index (κ3) is 2.66. The van der Waals surface area contributed by atoms with E-state index in [1.54, 1.807) is 4.90 Å². The molecule has 1 aliphatic rings. The summed E-state index contributed by atoms with van der Waals surface area (Å²) < 4.78 is 0. The van der Waals surface area contributed by atoms with Crippen molar-refractivity contribution in [2.45, 2.75) is 31.3 Å². The third-order valence-electron chi connectivity index (χ3n) is 4.30. The van der Waals surface area contributed by atoms with Crippen LogP contribution in [0.15, 0.2) is 30.5 Å². The molecular weight excluding hydrogens is 266 g/mol. The number of nitrogens with zero attached hydrogens (tertiary/aromatic N) is 1. The molecule has 2 atom stereocenters. The number of fused-ring (bicyclic) bond motifs is 1. The summed E-state index contributed by atoms with van der Waals surface area (Å²) in [6, 6.07) is 7.38. The van der Waals surface area contributed by atoms with Crippen molar-refractivity contribution >= 4 is 16.8 Å². The Morgan fingerprint density at radius 3 is 3.10 bits per heavy atom. The second-order valence-corrected chi connectivity index (χ2v) is 5.68. The highest BCUT2D eigenvalue weighted by Crippen LogP contribution is 2.21. The van der Waals surface area contributed by atoms with Crippen LogP contribution >= 0.6 is 0 Å². The van der Waals surface area contributed by atoms with Gasteiger partial charge >= 0.3 is 0 Å². The topological polar surface area (TPSA) is 82.4 Å². The normalized spacial score (nSPS) is 20.1. The molecule has 0 bridgehead atoms. The predicted octanol–water partition coefficient (Wildman–Crippen LogP) is 1.02. The molecule has 1 aliphatic heterocycles. The molecule has 112 valence electrons. The first-order valence-electron chi connectivity index (χ1n) is 7.42. The van der Waals surface area contributed by atoms with Crippen LogP contribution in [0.2, 0.25) is 0 Å². The summed E-state index contributed by atoms with van der Waals surface area (Å²) >= 11 is 0. The van der Waals surface area contributed by atoms with E-state index < -0.39 is 6.04 Å². The number of carbonyl (C=O) groups is 1. The van der Waals surface area contributed by atoms with Gasteiger partial charge in [-0.1, -0.05) is 18.2 Å². The fourth-order valence-electron chi connectivity index (χ4n) is 3.15. The van der Waals surface area contributed by atoms with E-state index >= 15 is 0 Å². The number of nitrogens with two attached hydrogens (primary N) is 1. The van der Waals surface area contributed by atoms with Gasteiger partial charge in [-0.05, 0) is 30.9 Å². The maximum Gasteiger partial charge on any atom is 0.240 e. The molecule has 21 heavy (non-hydrogen) atoms. The van der Waals surface area contributed by atoms with Crippen molar-refractivity contribution in [1.82, 2.24) is 9.88 Å². The average Bonchev–Trinajstić information content (AvgIpc) is 3.13. The van der Waals surface area contributed by atoms with Crippen molar-refractivity contribution in [3.8, 4) is 0 Å². The number of aromatic nitrogens is 1. The van der Waals surface area contributed by atoms with E-state index in [0.717, 1.165) is 29.3 Å². The Morgan fingerprint density at radius 2 is 2.29 bits per heavy atom. The van der Waals surface area contributed by atoms with Crippen molar-refractivity contribution in [2.75, 3.05) is 13.2 Å². The number of hydrogen-bond donors (Lipinski definition) is 3. The Hall–Kier alpha value is -1.85. The van der Waals surface area contributed by atoms with Gasteiger partial charge in [0.1, 0.15) is 0 Å². The summed E-state index contributed by atoms with van der Waals surface area (Å²) in [5.74, 6) is -0.0585. The molecule has 1 unspecified atom stereocenters. The largest absolute Gasteiger partial charge is 0.394 e.